The molecule has 0 spiro atoms. The molecule has 2 nitrogen and oxygen atoms in total. The Morgan fingerprint density at radius 1 is 0.950 bits per heavy atom. The molecule has 0 amide bonds. The summed E-state index contributed by atoms with van der Waals surface area (Å²) >= 11 is 0. The van der Waals surface area contributed by atoms with Gasteiger partial charge in [-0.05, 0) is 35.6 Å². The molecule has 1 aromatic heterocycles. The molecule has 96 valence electrons. The van der Waals surface area contributed by atoms with Crippen molar-refractivity contribution in [2.45, 2.75) is 6.42 Å². The summed E-state index contributed by atoms with van der Waals surface area (Å²) in [5.41, 5.74) is 2.25. The zero-order valence-corrected chi connectivity index (χ0v) is 10.9. The molecule has 0 aliphatic carbocycles. The minimum absolute atomic E-state index is 0.891. The van der Waals surface area contributed by atoms with Crippen LogP contribution in [0, 0.1) is 0 Å². The highest BCUT2D eigenvalue weighted by molar-refractivity contribution is 5.91. The molecule has 0 fully saturated rings. The van der Waals surface area contributed by atoms with E-state index in [0.29, 0.717) is 0 Å². The molecule has 3 aromatic rings. The minimum atomic E-state index is 0.891. The number of allylic oxidation sites excluding steroid dienone is 1. The van der Waals surface area contributed by atoms with Gasteiger partial charge in [0.1, 0.15) is 11.5 Å². The van der Waals surface area contributed by atoms with Crippen LogP contribution in [-0.2, 0) is 6.42 Å². The average Bonchev–Trinajstić information content (AvgIpc) is 2.55. The monoisotopic (exact) mass is 259 g/mol. The standard InChI is InChI=1S/C18H13NO/c1-2-6-16-13(4-1)7-8-14-9-10-17(20-18(14)16)15-5-3-11-19-12-15/h1-8,10-12H,9H2. The zero-order valence-electron chi connectivity index (χ0n) is 10.9. The normalized spacial score (nSPS) is 13.5. The summed E-state index contributed by atoms with van der Waals surface area (Å²) in [6.45, 7) is 0. The fourth-order valence-corrected chi connectivity index (χ4v) is 2.61. The summed E-state index contributed by atoms with van der Waals surface area (Å²) in [6.07, 6.45) is 6.62. The van der Waals surface area contributed by atoms with E-state index in [2.05, 4.69) is 41.4 Å². The van der Waals surface area contributed by atoms with Crippen LogP contribution in [0.15, 0.2) is 67.0 Å². The second-order valence-electron chi connectivity index (χ2n) is 4.89. The lowest BCUT2D eigenvalue weighted by Crippen LogP contribution is -2.04. The maximum absolute atomic E-state index is 6.15. The number of nitrogens with zero attached hydrogens (tertiary/aromatic N) is 1. The molecule has 4 rings (SSSR count). The van der Waals surface area contributed by atoms with Crippen molar-refractivity contribution >= 4 is 16.5 Å². The van der Waals surface area contributed by atoms with Gasteiger partial charge in [0.2, 0.25) is 0 Å². The summed E-state index contributed by atoms with van der Waals surface area (Å²) in [5, 5.41) is 2.37. The number of hydrogen-bond acceptors (Lipinski definition) is 2. The molecule has 0 unspecified atom stereocenters. The molecule has 0 bridgehead atoms. The van der Waals surface area contributed by atoms with Gasteiger partial charge < -0.3 is 4.74 Å². The van der Waals surface area contributed by atoms with Crippen molar-refractivity contribution in [3.63, 3.8) is 0 Å². The van der Waals surface area contributed by atoms with Crippen LogP contribution < -0.4 is 4.74 Å². The predicted molar refractivity (Wildman–Crippen MR) is 80.5 cm³/mol. The van der Waals surface area contributed by atoms with E-state index in [1.165, 1.54) is 16.3 Å². The van der Waals surface area contributed by atoms with E-state index < -0.39 is 0 Å². The first-order chi connectivity index (χ1) is 9.92. The van der Waals surface area contributed by atoms with Crippen LogP contribution in [0.5, 0.6) is 5.75 Å². The number of pyridine rings is 1. The van der Waals surface area contributed by atoms with E-state index >= 15 is 0 Å². The van der Waals surface area contributed by atoms with Crippen molar-refractivity contribution in [1.82, 2.24) is 4.98 Å². The van der Waals surface area contributed by atoms with Crippen molar-refractivity contribution < 1.29 is 4.74 Å². The smallest absolute Gasteiger partial charge is 0.138 e. The Bertz CT molecular complexity index is 806. The van der Waals surface area contributed by atoms with Crippen LogP contribution >= 0.6 is 0 Å². The number of hydrogen-bond donors (Lipinski definition) is 0. The van der Waals surface area contributed by atoms with Gasteiger partial charge in [-0.3, -0.25) is 4.98 Å². The third-order valence-corrected chi connectivity index (χ3v) is 3.63. The second-order valence-corrected chi connectivity index (χ2v) is 4.89. The highest BCUT2D eigenvalue weighted by atomic mass is 16.5. The Kier molecular flexibility index (Phi) is 2.52. The van der Waals surface area contributed by atoms with E-state index in [1.54, 1.807) is 6.20 Å². The summed E-state index contributed by atoms with van der Waals surface area (Å²) < 4.78 is 6.15. The molecule has 0 saturated heterocycles. The zero-order chi connectivity index (χ0) is 13.4. The lowest BCUT2D eigenvalue weighted by Gasteiger charge is -2.20. The number of aromatic nitrogens is 1. The Balaban J connectivity index is 1.84. The van der Waals surface area contributed by atoms with Crippen LogP contribution in [0.2, 0.25) is 0 Å². The highest BCUT2D eigenvalue weighted by Gasteiger charge is 2.16. The molecule has 2 heterocycles. The van der Waals surface area contributed by atoms with E-state index in [4.69, 9.17) is 4.74 Å². The van der Waals surface area contributed by atoms with E-state index in [-0.39, 0.29) is 0 Å². The Hall–Kier alpha value is -2.61. The fourth-order valence-electron chi connectivity index (χ4n) is 2.61. The van der Waals surface area contributed by atoms with E-state index in [9.17, 15) is 0 Å². The number of rotatable bonds is 1. The topological polar surface area (TPSA) is 22.1 Å². The Morgan fingerprint density at radius 2 is 1.90 bits per heavy atom. The van der Waals surface area contributed by atoms with Gasteiger partial charge in [0.15, 0.2) is 0 Å². The molecule has 0 N–H and O–H groups in total. The van der Waals surface area contributed by atoms with Gasteiger partial charge in [-0.15, -0.1) is 0 Å². The van der Waals surface area contributed by atoms with Gasteiger partial charge in [0, 0.05) is 23.3 Å². The first-order valence-electron chi connectivity index (χ1n) is 6.71. The van der Waals surface area contributed by atoms with Gasteiger partial charge in [-0.25, -0.2) is 0 Å². The third-order valence-electron chi connectivity index (χ3n) is 3.63. The summed E-state index contributed by atoms with van der Waals surface area (Å²) in [6, 6.07) is 16.6. The maximum Gasteiger partial charge on any atom is 0.138 e. The van der Waals surface area contributed by atoms with Gasteiger partial charge in [-0.2, -0.15) is 0 Å². The second kappa shape index (κ2) is 4.49. The fraction of sp³-hybridized carbons (Fsp3) is 0.0556. The molecule has 1 aliphatic rings. The number of benzene rings is 2. The van der Waals surface area contributed by atoms with Gasteiger partial charge in [-0.1, -0.05) is 36.4 Å². The van der Waals surface area contributed by atoms with E-state index in [0.717, 1.165) is 23.5 Å². The van der Waals surface area contributed by atoms with Crippen molar-refractivity contribution in [3.8, 4) is 5.75 Å². The van der Waals surface area contributed by atoms with Crippen LogP contribution in [0.1, 0.15) is 11.1 Å². The lowest BCUT2D eigenvalue weighted by atomic mass is 10.0. The Labute approximate surface area is 117 Å². The van der Waals surface area contributed by atoms with Crippen molar-refractivity contribution in [1.29, 1.82) is 0 Å². The van der Waals surface area contributed by atoms with Crippen LogP contribution in [0.25, 0.3) is 16.5 Å². The number of ether oxygens (including phenoxy) is 1. The van der Waals surface area contributed by atoms with Gasteiger partial charge in [0.25, 0.3) is 0 Å². The first kappa shape index (κ1) is 11.2. The molecule has 0 atom stereocenters. The molecule has 20 heavy (non-hydrogen) atoms. The molecular weight excluding hydrogens is 246 g/mol. The predicted octanol–water partition coefficient (Wildman–Crippen LogP) is 4.21. The average molecular weight is 259 g/mol. The largest absolute Gasteiger partial charge is 0.456 e. The van der Waals surface area contributed by atoms with Crippen LogP contribution in [-0.4, -0.2) is 4.98 Å². The molecule has 1 aliphatic heterocycles. The van der Waals surface area contributed by atoms with Crippen molar-refractivity contribution in [2.75, 3.05) is 0 Å². The summed E-state index contributed by atoms with van der Waals surface area (Å²) in [5.74, 6) is 1.87. The van der Waals surface area contributed by atoms with Gasteiger partial charge >= 0.3 is 0 Å². The van der Waals surface area contributed by atoms with E-state index in [1.807, 2.05) is 24.4 Å². The maximum atomic E-state index is 6.15. The van der Waals surface area contributed by atoms with Crippen LogP contribution in [0.3, 0.4) is 0 Å². The van der Waals surface area contributed by atoms with Crippen LogP contribution in [0.4, 0.5) is 0 Å². The molecule has 0 saturated carbocycles. The third kappa shape index (κ3) is 1.77. The quantitative estimate of drug-likeness (QED) is 0.653. The summed E-state index contributed by atoms with van der Waals surface area (Å²) in [7, 11) is 0. The highest BCUT2D eigenvalue weighted by Crippen LogP contribution is 2.36. The number of fused-ring (bicyclic) bond motifs is 3. The molecular formula is C18H13NO. The Morgan fingerprint density at radius 3 is 2.80 bits per heavy atom. The molecule has 2 aromatic carbocycles. The van der Waals surface area contributed by atoms with Crippen molar-refractivity contribution in [2.24, 2.45) is 0 Å². The summed E-state index contributed by atoms with van der Waals surface area (Å²) in [4.78, 5) is 4.16. The van der Waals surface area contributed by atoms with Crippen molar-refractivity contribution in [3.05, 3.63) is 78.1 Å². The minimum Gasteiger partial charge on any atom is -0.456 e. The molecule has 2 heteroatoms. The first-order valence-corrected chi connectivity index (χ1v) is 6.71. The lowest BCUT2D eigenvalue weighted by molar-refractivity contribution is 0.504. The molecule has 0 radical (unpaired) electrons. The SMILES string of the molecule is C1=C(c2cccnc2)Oc2c(ccc3ccccc23)C1. The van der Waals surface area contributed by atoms with Gasteiger partial charge in [0.05, 0.1) is 0 Å².